The molecular formula is C32H31BN2. The lowest BCUT2D eigenvalue weighted by molar-refractivity contribution is 0.261. The summed E-state index contributed by atoms with van der Waals surface area (Å²) in [5.74, 6) is 0. The summed E-state index contributed by atoms with van der Waals surface area (Å²) in [7, 11) is 0. The van der Waals surface area contributed by atoms with Gasteiger partial charge in [-0.2, -0.15) is 0 Å². The summed E-state index contributed by atoms with van der Waals surface area (Å²) in [6.07, 6.45) is 2.22. The van der Waals surface area contributed by atoms with Gasteiger partial charge in [0.05, 0.1) is 5.54 Å². The lowest BCUT2D eigenvalue weighted by atomic mass is 9.33. The van der Waals surface area contributed by atoms with E-state index in [1.54, 1.807) is 0 Å². The van der Waals surface area contributed by atoms with E-state index in [-0.39, 0.29) is 17.7 Å². The molecule has 0 radical (unpaired) electrons. The van der Waals surface area contributed by atoms with Gasteiger partial charge >= 0.3 is 0 Å². The molecule has 0 saturated carbocycles. The highest BCUT2D eigenvalue weighted by molar-refractivity contribution is 7.00. The van der Waals surface area contributed by atoms with Gasteiger partial charge in [0.1, 0.15) is 0 Å². The Hall–Kier alpha value is -3.46. The molecule has 0 saturated heterocycles. The standard InChI is InChI=1S/C32H31BN2/c1-5-31(3)23-14-10-15-24-30(23)35(32(31,4)6-2)28-17-11-16-27-29(28)33(24)25-20-22(18-19-26(25)34-27)21-12-8-7-9-13-21/h7-20,34H,5-6H2,1-4H3. The Balaban J connectivity index is 1.54. The smallest absolute Gasteiger partial charge is 0.252 e. The molecule has 2 nitrogen and oxygen atoms in total. The number of para-hydroxylation sites is 1. The van der Waals surface area contributed by atoms with E-state index in [1.807, 2.05) is 0 Å². The quantitative estimate of drug-likeness (QED) is 0.325. The van der Waals surface area contributed by atoms with Gasteiger partial charge in [-0.3, -0.25) is 0 Å². The van der Waals surface area contributed by atoms with Gasteiger partial charge in [0.25, 0.3) is 6.71 Å². The molecule has 4 aromatic carbocycles. The monoisotopic (exact) mass is 454 g/mol. The maximum absolute atomic E-state index is 3.80. The van der Waals surface area contributed by atoms with Crippen LogP contribution in [0.2, 0.25) is 0 Å². The second-order valence-electron chi connectivity index (χ2n) is 10.9. The summed E-state index contributed by atoms with van der Waals surface area (Å²) in [5, 5.41) is 3.80. The second kappa shape index (κ2) is 7.04. The van der Waals surface area contributed by atoms with E-state index < -0.39 is 0 Å². The number of nitrogens with one attached hydrogen (secondary N) is 1. The highest BCUT2D eigenvalue weighted by atomic mass is 15.3. The fourth-order valence-electron chi connectivity index (χ4n) is 7.29. The highest BCUT2D eigenvalue weighted by Gasteiger charge is 2.58. The first-order valence-electron chi connectivity index (χ1n) is 13.0. The molecule has 1 N–H and O–H groups in total. The number of nitrogens with zero attached hydrogens (tertiary/aromatic N) is 1. The molecule has 3 aliphatic rings. The van der Waals surface area contributed by atoms with E-state index in [0.717, 1.165) is 12.8 Å². The molecule has 2 unspecified atom stereocenters. The third kappa shape index (κ3) is 2.46. The van der Waals surface area contributed by atoms with E-state index in [2.05, 4.69) is 123 Å². The average Bonchev–Trinajstić information content (AvgIpc) is 3.12. The molecule has 0 aromatic heterocycles. The van der Waals surface area contributed by atoms with Crippen molar-refractivity contribution in [2.24, 2.45) is 0 Å². The van der Waals surface area contributed by atoms with E-state index in [4.69, 9.17) is 0 Å². The largest absolute Gasteiger partial charge is 0.356 e. The number of rotatable bonds is 3. The van der Waals surface area contributed by atoms with Gasteiger partial charge in [0.2, 0.25) is 0 Å². The van der Waals surface area contributed by atoms with Crippen molar-refractivity contribution in [1.82, 2.24) is 0 Å². The van der Waals surface area contributed by atoms with Gasteiger partial charge in [0.15, 0.2) is 0 Å². The first-order valence-corrected chi connectivity index (χ1v) is 13.0. The Labute approximate surface area is 209 Å². The zero-order valence-electron chi connectivity index (χ0n) is 21.0. The van der Waals surface area contributed by atoms with Crippen LogP contribution in [0.1, 0.15) is 46.1 Å². The average molecular weight is 454 g/mol. The molecule has 0 spiro atoms. The number of anilines is 4. The molecule has 0 fully saturated rings. The highest BCUT2D eigenvalue weighted by Crippen LogP contribution is 2.58. The molecule has 0 bridgehead atoms. The van der Waals surface area contributed by atoms with Crippen LogP contribution in [-0.4, -0.2) is 12.3 Å². The first-order chi connectivity index (χ1) is 17.0. The van der Waals surface area contributed by atoms with Crippen LogP contribution >= 0.6 is 0 Å². The van der Waals surface area contributed by atoms with Crippen molar-refractivity contribution in [3.63, 3.8) is 0 Å². The van der Waals surface area contributed by atoms with Gasteiger partial charge in [0, 0.05) is 28.2 Å². The third-order valence-electron chi connectivity index (χ3n) is 9.63. The fourth-order valence-corrected chi connectivity index (χ4v) is 7.29. The molecule has 35 heavy (non-hydrogen) atoms. The minimum atomic E-state index is 0.0203. The van der Waals surface area contributed by atoms with Crippen LogP contribution in [0.4, 0.5) is 22.7 Å². The predicted molar refractivity (Wildman–Crippen MR) is 151 cm³/mol. The first kappa shape index (κ1) is 20.9. The van der Waals surface area contributed by atoms with E-state index in [0.29, 0.717) is 0 Å². The Morgan fingerprint density at radius 2 is 1.54 bits per heavy atom. The number of fused-ring (bicyclic) bond motifs is 4. The van der Waals surface area contributed by atoms with Crippen molar-refractivity contribution in [1.29, 1.82) is 0 Å². The topological polar surface area (TPSA) is 15.3 Å². The van der Waals surface area contributed by atoms with E-state index >= 15 is 0 Å². The summed E-state index contributed by atoms with van der Waals surface area (Å²) < 4.78 is 0. The number of benzene rings is 4. The molecule has 7 rings (SSSR count). The van der Waals surface area contributed by atoms with E-state index in [9.17, 15) is 0 Å². The number of hydrogen-bond donors (Lipinski definition) is 1. The van der Waals surface area contributed by atoms with Crippen LogP contribution in [0.15, 0.2) is 84.9 Å². The Kier molecular flexibility index (Phi) is 4.20. The van der Waals surface area contributed by atoms with Gasteiger partial charge in [-0.25, -0.2) is 0 Å². The molecule has 0 amide bonds. The van der Waals surface area contributed by atoms with Crippen molar-refractivity contribution in [2.45, 2.75) is 51.5 Å². The summed E-state index contributed by atoms with van der Waals surface area (Å²) in [6, 6.07) is 31.6. The SMILES string of the molecule is CCC1(C)c2cccc3c2N(c2cccc4c2B3c2cc(-c3ccccc3)ccc2N4)C1(C)CC. The summed E-state index contributed by atoms with van der Waals surface area (Å²) in [5.41, 5.74) is 13.7. The molecule has 0 aliphatic carbocycles. The minimum Gasteiger partial charge on any atom is -0.356 e. The maximum Gasteiger partial charge on any atom is 0.252 e. The Morgan fingerprint density at radius 1 is 0.743 bits per heavy atom. The van der Waals surface area contributed by atoms with Crippen molar-refractivity contribution in [3.05, 3.63) is 90.5 Å². The van der Waals surface area contributed by atoms with Crippen LogP contribution < -0.4 is 26.6 Å². The van der Waals surface area contributed by atoms with Crippen LogP contribution in [0, 0.1) is 0 Å². The summed E-state index contributed by atoms with van der Waals surface area (Å²) in [6.45, 7) is 9.93. The lowest BCUT2D eigenvalue weighted by Gasteiger charge is -2.49. The molecule has 3 heteroatoms. The minimum absolute atomic E-state index is 0.0203. The summed E-state index contributed by atoms with van der Waals surface area (Å²) in [4.78, 5) is 2.71. The van der Waals surface area contributed by atoms with E-state index in [1.165, 1.54) is 55.8 Å². The van der Waals surface area contributed by atoms with Crippen molar-refractivity contribution < 1.29 is 0 Å². The van der Waals surface area contributed by atoms with Crippen molar-refractivity contribution >= 4 is 45.9 Å². The van der Waals surface area contributed by atoms with Gasteiger partial charge in [-0.15, -0.1) is 0 Å². The predicted octanol–water partition coefficient (Wildman–Crippen LogP) is 6.23. The molecular weight excluding hydrogens is 423 g/mol. The van der Waals surface area contributed by atoms with Crippen LogP contribution in [0.5, 0.6) is 0 Å². The van der Waals surface area contributed by atoms with Crippen molar-refractivity contribution in [3.8, 4) is 11.1 Å². The van der Waals surface area contributed by atoms with Gasteiger partial charge in [-0.05, 0) is 71.0 Å². The van der Waals surface area contributed by atoms with Crippen molar-refractivity contribution in [2.75, 3.05) is 10.2 Å². The van der Waals surface area contributed by atoms with Crippen LogP contribution in [-0.2, 0) is 5.41 Å². The molecule has 3 heterocycles. The molecule has 172 valence electrons. The molecule has 2 atom stereocenters. The molecule has 3 aliphatic heterocycles. The molecule has 4 aromatic rings. The Bertz CT molecular complexity index is 1490. The zero-order valence-corrected chi connectivity index (χ0v) is 21.0. The van der Waals surface area contributed by atoms with Gasteiger partial charge in [-0.1, -0.05) is 87.5 Å². The second-order valence-corrected chi connectivity index (χ2v) is 10.9. The summed E-state index contributed by atoms with van der Waals surface area (Å²) >= 11 is 0. The van der Waals surface area contributed by atoms with Crippen LogP contribution in [0.25, 0.3) is 11.1 Å². The maximum atomic E-state index is 3.80. The lowest BCUT2D eigenvalue weighted by Crippen LogP contribution is -2.63. The third-order valence-corrected chi connectivity index (χ3v) is 9.63. The normalized spacial score (nSPS) is 22.9. The van der Waals surface area contributed by atoms with Crippen LogP contribution in [0.3, 0.4) is 0 Å². The number of hydrogen-bond acceptors (Lipinski definition) is 2. The zero-order chi connectivity index (χ0) is 23.9. The fraction of sp³-hybridized carbons (Fsp3) is 0.250. The van der Waals surface area contributed by atoms with Gasteiger partial charge < -0.3 is 10.2 Å². The Morgan fingerprint density at radius 3 is 2.31 bits per heavy atom.